The molecule has 0 bridgehead atoms. The lowest BCUT2D eigenvalue weighted by molar-refractivity contribution is -0.146. The standard InChI is InChI=1S/C26H31N5O6.C14H17N3O7S/c1-35-25(33)28-24(27)20-7-9-21(10-8-20)31-16-22(37-26(31)34)15-29-11-13-30(14-12-29)17-23(32)36-18-19-5-3-2-4-6-19;1-22-13(18)16-12(15)9-3-5-10(6-4-9)17-7-11(24-14(17)19)8-23-25(2,20)21/h2-10,22H,11-18H2,1H3,(H2,27,28,33);3-6,11H,7-8H2,1-2H3,(H2,15,16,18). The van der Waals surface area contributed by atoms with Gasteiger partial charge in [0, 0.05) is 55.2 Å². The highest BCUT2D eigenvalue weighted by atomic mass is 32.2. The molecule has 3 fully saturated rings. The largest absolute Gasteiger partial charge is 0.460 e. The minimum Gasteiger partial charge on any atom is -0.460 e. The van der Waals surface area contributed by atoms with Gasteiger partial charge in [-0.25, -0.2) is 19.2 Å². The number of carbonyl (C=O) groups excluding carboxylic acids is 5. The first-order chi connectivity index (χ1) is 29.6. The molecular weight excluding hydrogens is 833 g/mol. The summed E-state index contributed by atoms with van der Waals surface area (Å²) >= 11 is 0. The Balaban J connectivity index is 0.000000253. The van der Waals surface area contributed by atoms with Crippen LogP contribution in [0.2, 0.25) is 0 Å². The van der Waals surface area contributed by atoms with Crippen LogP contribution in [0.15, 0.2) is 78.9 Å². The van der Waals surface area contributed by atoms with Crippen molar-refractivity contribution in [3.63, 3.8) is 0 Å². The van der Waals surface area contributed by atoms with Gasteiger partial charge < -0.3 is 23.7 Å². The first kappa shape index (κ1) is 46.4. The Morgan fingerprint density at radius 2 is 1.18 bits per heavy atom. The molecule has 62 heavy (non-hydrogen) atoms. The first-order valence-corrected chi connectivity index (χ1v) is 20.9. The highest BCUT2D eigenvalue weighted by Gasteiger charge is 2.35. The normalized spacial score (nSPS) is 17.8. The molecule has 3 saturated heterocycles. The third-order valence-corrected chi connectivity index (χ3v) is 10.1. The summed E-state index contributed by atoms with van der Waals surface area (Å²) in [5.74, 6) is -0.481. The fourth-order valence-corrected chi connectivity index (χ4v) is 6.70. The van der Waals surface area contributed by atoms with Gasteiger partial charge in [0.2, 0.25) is 0 Å². The summed E-state index contributed by atoms with van der Waals surface area (Å²) in [5, 5.41) is 20.2. The Morgan fingerprint density at radius 3 is 1.66 bits per heavy atom. The second kappa shape index (κ2) is 21.8. The molecule has 3 aromatic rings. The van der Waals surface area contributed by atoms with Crippen molar-refractivity contribution in [3.8, 4) is 0 Å². The van der Waals surface area contributed by atoms with Gasteiger partial charge in [-0.2, -0.15) is 8.42 Å². The zero-order valence-corrected chi connectivity index (χ0v) is 35.1. The van der Waals surface area contributed by atoms with Crippen LogP contribution in [0.1, 0.15) is 16.7 Å². The number of nitrogens with one attached hydrogen (secondary N) is 4. The average molecular weight is 881 g/mol. The smallest absolute Gasteiger partial charge is 0.414 e. The van der Waals surface area contributed by atoms with Gasteiger partial charge in [0.25, 0.3) is 10.1 Å². The van der Waals surface area contributed by atoms with Crippen molar-refractivity contribution in [1.29, 1.82) is 10.8 Å². The van der Waals surface area contributed by atoms with E-state index >= 15 is 0 Å². The van der Waals surface area contributed by atoms with Gasteiger partial charge in [0.15, 0.2) is 0 Å². The highest BCUT2D eigenvalue weighted by Crippen LogP contribution is 2.24. The number of piperazine rings is 1. The topological polar surface area (TPSA) is 260 Å². The molecular formula is C40H48N8O13S. The number of amidine groups is 2. The number of alkyl carbamates (subject to hydrolysis) is 2. The molecule has 4 amide bonds. The van der Waals surface area contributed by atoms with Gasteiger partial charge in [-0.15, -0.1) is 0 Å². The van der Waals surface area contributed by atoms with Crippen molar-refractivity contribution in [2.45, 2.75) is 18.8 Å². The van der Waals surface area contributed by atoms with Crippen molar-refractivity contribution in [3.05, 3.63) is 95.6 Å². The van der Waals surface area contributed by atoms with Crippen molar-refractivity contribution in [2.75, 3.05) is 89.2 Å². The number of amides is 4. The number of benzene rings is 3. The molecule has 3 aromatic carbocycles. The lowest BCUT2D eigenvalue weighted by Gasteiger charge is -2.34. The van der Waals surface area contributed by atoms with Crippen molar-refractivity contribution in [1.82, 2.24) is 20.4 Å². The van der Waals surface area contributed by atoms with Crippen LogP contribution in [0.25, 0.3) is 0 Å². The zero-order valence-electron chi connectivity index (χ0n) is 34.2. The van der Waals surface area contributed by atoms with E-state index in [9.17, 15) is 32.4 Å². The van der Waals surface area contributed by atoms with Gasteiger partial charge in [0.05, 0.1) is 40.1 Å². The predicted molar refractivity (Wildman–Crippen MR) is 223 cm³/mol. The molecule has 3 heterocycles. The number of rotatable bonds is 13. The maximum atomic E-state index is 12.5. The molecule has 6 rings (SSSR count). The molecule has 0 saturated carbocycles. The zero-order chi connectivity index (χ0) is 44.8. The molecule has 21 nitrogen and oxygen atoms in total. The van der Waals surface area contributed by atoms with E-state index in [0.717, 1.165) is 38.0 Å². The molecule has 4 N–H and O–H groups in total. The van der Waals surface area contributed by atoms with E-state index in [0.29, 0.717) is 35.6 Å². The number of carbonyl (C=O) groups is 5. The number of hydrogen-bond acceptors (Lipinski definition) is 17. The summed E-state index contributed by atoms with van der Waals surface area (Å²) in [6.07, 6.45) is -2.58. The molecule has 0 aromatic heterocycles. The van der Waals surface area contributed by atoms with Crippen molar-refractivity contribution < 1.29 is 60.3 Å². The maximum Gasteiger partial charge on any atom is 0.414 e. The average Bonchev–Trinajstić information content (AvgIpc) is 3.83. The Labute approximate surface area is 357 Å². The van der Waals surface area contributed by atoms with E-state index in [2.05, 4.69) is 34.1 Å². The minimum absolute atomic E-state index is 0.0936. The number of hydrogen-bond donors (Lipinski definition) is 4. The van der Waals surface area contributed by atoms with Crippen LogP contribution in [0.3, 0.4) is 0 Å². The Bertz CT molecular complexity index is 2190. The van der Waals surface area contributed by atoms with E-state index in [1.807, 2.05) is 30.3 Å². The number of methoxy groups -OCH3 is 2. The molecule has 0 aliphatic carbocycles. The fraction of sp³-hybridized carbons (Fsp3) is 0.375. The first-order valence-electron chi connectivity index (χ1n) is 19.1. The van der Waals surface area contributed by atoms with Crippen LogP contribution in [0.5, 0.6) is 0 Å². The summed E-state index contributed by atoms with van der Waals surface area (Å²) in [4.78, 5) is 66.1. The van der Waals surface area contributed by atoms with Crippen LogP contribution in [-0.4, -0.2) is 152 Å². The number of cyclic esters (lactones) is 2. The number of anilines is 2. The van der Waals surface area contributed by atoms with E-state index in [-0.39, 0.29) is 50.0 Å². The lowest BCUT2D eigenvalue weighted by Crippen LogP contribution is -2.50. The summed E-state index contributed by atoms with van der Waals surface area (Å²) in [6.45, 7) is 4.44. The monoisotopic (exact) mass is 880 g/mol. The molecule has 2 unspecified atom stereocenters. The van der Waals surface area contributed by atoms with Gasteiger partial charge in [-0.3, -0.25) is 50.0 Å². The quantitative estimate of drug-likeness (QED) is 0.0633. The molecule has 3 aliphatic rings. The van der Waals surface area contributed by atoms with Crippen molar-refractivity contribution >= 4 is 63.5 Å². The van der Waals surface area contributed by atoms with Gasteiger partial charge in [-0.1, -0.05) is 30.3 Å². The van der Waals surface area contributed by atoms with Gasteiger partial charge >= 0.3 is 30.3 Å². The number of nitrogens with zero attached hydrogens (tertiary/aromatic N) is 4. The van der Waals surface area contributed by atoms with Crippen LogP contribution < -0.4 is 20.4 Å². The molecule has 0 spiro atoms. The van der Waals surface area contributed by atoms with Gasteiger partial charge in [-0.05, 0) is 54.1 Å². The summed E-state index contributed by atoms with van der Waals surface area (Å²) < 4.78 is 51.5. The van der Waals surface area contributed by atoms with Crippen LogP contribution in [-0.2, 0) is 49.4 Å². The Hall–Kier alpha value is -6.62. The van der Waals surface area contributed by atoms with Crippen molar-refractivity contribution in [2.24, 2.45) is 0 Å². The van der Waals surface area contributed by atoms with E-state index in [4.69, 9.17) is 25.0 Å². The lowest BCUT2D eigenvalue weighted by atomic mass is 10.1. The number of ether oxygens (including phenoxy) is 5. The maximum absolute atomic E-state index is 12.5. The predicted octanol–water partition coefficient (Wildman–Crippen LogP) is 2.72. The Kier molecular flexibility index (Phi) is 16.3. The summed E-state index contributed by atoms with van der Waals surface area (Å²) in [7, 11) is -1.20. The minimum atomic E-state index is -3.62. The SMILES string of the molecule is COC(=O)NC(=N)c1ccc(N2CC(CN3CCN(CC(=O)OCc4ccccc4)CC3)OC2=O)cc1.COC(=O)NC(=N)c1ccc(N2CC(COS(C)(=O)=O)OC2=O)cc1. The number of esters is 1. The molecule has 332 valence electrons. The van der Waals surface area contributed by atoms with E-state index in [1.54, 1.807) is 53.4 Å². The second-order valence-electron chi connectivity index (χ2n) is 14.0. The molecule has 2 atom stereocenters. The third-order valence-electron chi connectivity index (χ3n) is 9.50. The fourth-order valence-electron chi connectivity index (χ4n) is 6.30. The van der Waals surface area contributed by atoms with Crippen LogP contribution in [0.4, 0.5) is 30.6 Å². The van der Waals surface area contributed by atoms with Crippen LogP contribution >= 0.6 is 0 Å². The summed E-state index contributed by atoms with van der Waals surface area (Å²) in [5.41, 5.74) is 3.02. The molecule has 0 radical (unpaired) electrons. The van der Waals surface area contributed by atoms with Crippen LogP contribution in [0, 0.1) is 10.8 Å². The van der Waals surface area contributed by atoms with Gasteiger partial charge in [0.1, 0.15) is 37.1 Å². The second-order valence-corrected chi connectivity index (χ2v) is 15.7. The molecule has 22 heteroatoms. The highest BCUT2D eigenvalue weighted by molar-refractivity contribution is 7.85. The molecule has 3 aliphatic heterocycles. The van der Waals surface area contributed by atoms with E-state index < -0.39 is 40.6 Å². The summed E-state index contributed by atoms with van der Waals surface area (Å²) in [6, 6.07) is 22.6. The van der Waals surface area contributed by atoms with E-state index in [1.165, 1.54) is 19.1 Å². The third kappa shape index (κ3) is 14.0. The Morgan fingerprint density at radius 1 is 0.710 bits per heavy atom.